The molecule has 2 atom stereocenters. The Balaban J connectivity index is 0.000000412. The van der Waals surface area contributed by atoms with Crippen LogP contribution < -0.4 is 5.73 Å². The number of nitrogens with zero attached hydrogens (tertiary/aromatic N) is 1. The van der Waals surface area contributed by atoms with E-state index in [0.717, 1.165) is 25.7 Å². The van der Waals surface area contributed by atoms with Gasteiger partial charge in [0, 0.05) is 24.7 Å². The molecule has 0 saturated heterocycles. The van der Waals surface area contributed by atoms with E-state index in [1.807, 2.05) is 0 Å². The molecule has 10 heteroatoms. The van der Waals surface area contributed by atoms with Crippen LogP contribution in [0.5, 0.6) is 0 Å². The summed E-state index contributed by atoms with van der Waals surface area (Å²) in [5, 5.41) is 7.98. The summed E-state index contributed by atoms with van der Waals surface area (Å²) in [7, 11) is 1.81. The molecule has 0 aromatic heterocycles. The molecule has 1 fully saturated rings. The summed E-state index contributed by atoms with van der Waals surface area (Å²) in [6.45, 7) is 0. The molecule has 0 spiro atoms. The molecule has 1 aliphatic carbocycles. The van der Waals surface area contributed by atoms with E-state index in [9.17, 15) is 18.0 Å². The third-order valence-corrected chi connectivity index (χ3v) is 4.75. The summed E-state index contributed by atoms with van der Waals surface area (Å²) in [6, 6.07) is 5.12. The Labute approximate surface area is 158 Å². The summed E-state index contributed by atoms with van der Waals surface area (Å²) in [4.78, 5) is 23.1. The minimum atomic E-state index is -5.08. The van der Waals surface area contributed by atoms with Crippen LogP contribution in [0.2, 0.25) is 10.0 Å². The van der Waals surface area contributed by atoms with Gasteiger partial charge in [0.1, 0.15) is 0 Å². The predicted octanol–water partition coefficient (Wildman–Crippen LogP) is 3.97. The third-order valence-electron chi connectivity index (χ3n) is 4.01. The van der Waals surface area contributed by atoms with Crippen LogP contribution >= 0.6 is 23.2 Å². The number of carboxylic acids is 1. The molecule has 0 aliphatic heterocycles. The second-order valence-electron chi connectivity index (χ2n) is 5.86. The number of carbonyl (C=O) groups is 2. The fraction of sp³-hybridized carbons (Fsp3) is 0.500. The highest BCUT2D eigenvalue weighted by Crippen LogP contribution is 2.26. The summed E-state index contributed by atoms with van der Waals surface area (Å²) in [6.07, 6.45) is -0.877. The Morgan fingerprint density at radius 3 is 2.19 bits per heavy atom. The highest BCUT2D eigenvalue weighted by atomic mass is 35.5. The highest BCUT2D eigenvalue weighted by Gasteiger charge is 2.38. The summed E-state index contributed by atoms with van der Waals surface area (Å²) in [5.41, 5.74) is 6.66. The summed E-state index contributed by atoms with van der Waals surface area (Å²) < 4.78 is 31.7. The van der Waals surface area contributed by atoms with Crippen LogP contribution in [-0.2, 0) is 4.79 Å². The molecule has 1 aromatic rings. The van der Waals surface area contributed by atoms with E-state index in [1.54, 1.807) is 30.1 Å². The van der Waals surface area contributed by atoms with Crippen LogP contribution in [-0.4, -0.2) is 47.2 Å². The zero-order chi connectivity index (χ0) is 20.1. The Bertz CT molecular complexity index is 656. The summed E-state index contributed by atoms with van der Waals surface area (Å²) >= 11 is 11.8. The highest BCUT2D eigenvalue weighted by molar-refractivity contribution is 6.42. The molecule has 26 heavy (non-hydrogen) atoms. The van der Waals surface area contributed by atoms with Crippen molar-refractivity contribution in [1.29, 1.82) is 0 Å². The maximum absolute atomic E-state index is 12.4. The van der Waals surface area contributed by atoms with Gasteiger partial charge in [-0.1, -0.05) is 36.0 Å². The SMILES string of the molecule is CN(C(=O)c1ccc(Cl)c(Cl)c1)[C@@H]1CCCC[C@H]1N.O=C(O)C(F)(F)F. The molecule has 1 amide bonds. The van der Waals surface area contributed by atoms with E-state index in [4.69, 9.17) is 38.8 Å². The van der Waals surface area contributed by atoms with E-state index in [-0.39, 0.29) is 18.0 Å². The van der Waals surface area contributed by atoms with E-state index < -0.39 is 12.1 Å². The number of aliphatic carboxylic acids is 1. The lowest BCUT2D eigenvalue weighted by molar-refractivity contribution is -0.192. The second-order valence-corrected chi connectivity index (χ2v) is 6.68. The monoisotopic (exact) mass is 414 g/mol. The van der Waals surface area contributed by atoms with Crippen molar-refractivity contribution in [3.05, 3.63) is 33.8 Å². The Kier molecular flexibility index (Phi) is 8.17. The Morgan fingerprint density at radius 1 is 1.19 bits per heavy atom. The smallest absolute Gasteiger partial charge is 0.475 e. The van der Waals surface area contributed by atoms with Gasteiger partial charge in [-0.25, -0.2) is 4.79 Å². The normalized spacial score (nSPS) is 20.0. The first-order valence-corrected chi connectivity index (χ1v) is 8.48. The predicted molar refractivity (Wildman–Crippen MR) is 92.5 cm³/mol. The van der Waals surface area contributed by atoms with E-state index in [2.05, 4.69) is 0 Å². The number of likely N-dealkylation sites (N-methyl/N-ethyl adjacent to an activating group) is 1. The maximum Gasteiger partial charge on any atom is 0.490 e. The minimum absolute atomic E-state index is 0.0547. The van der Waals surface area contributed by atoms with Crippen LogP contribution in [0.15, 0.2) is 18.2 Å². The van der Waals surface area contributed by atoms with Gasteiger partial charge in [-0.3, -0.25) is 4.79 Å². The van der Waals surface area contributed by atoms with Crippen molar-refractivity contribution in [2.24, 2.45) is 5.73 Å². The quantitative estimate of drug-likeness (QED) is 0.766. The van der Waals surface area contributed by atoms with Crippen molar-refractivity contribution >= 4 is 35.1 Å². The van der Waals surface area contributed by atoms with Gasteiger partial charge in [0.15, 0.2) is 0 Å². The average Bonchev–Trinajstić information content (AvgIpc) is 2.56. The lowest BCUT2D eigenvalue weighted by Gasteiger charge is -2.36. The number of hydrogen-bond acceptors (Lipinski definition) is 3. The van der Waals surface area contributed by atoms with E-state index in [0.29, 0.717) is 15.6 Å². The average molecular weight is 415 g/mol. The first-order valence-electron chi connectivity index (χ1n) is 7.73. The van der Waals surface area contributed by atoms with Crippen LogP contribution in [0, 0.1) is 0 Å². The van der Waals surface area contributed by atoms with Gasteiger partial charge in [0.05, 0.1) is 10.0 Å². The summed E-state index contributed by atoms with van der Waals surface area (Å²) in [5.74, 6) is -2.81. The van der Waals surface area contributed by atoms with Gasteiger partial charge >= 0.3 is 12.1 Å². The fourth-order valence-electron chi connectivity index (χ4n) is 2.60. The number of carboxylic acid groups (broad SMARTS) is 1. The molecule has 1 aromatic carbocycles. The molecule has 3 N–H and O–H groups in total. The molecule has 1 saturated carbocycles. The maximum atomic E-state index is 12.4. The van der Waals surface area contributed by atoms with Crippen molar-refractivity contribution in [1.82, 2.24) is 4.90 Å². The first kappa shape index (κ1) is 22.5. The number of alkyl halides is 3. The molecule has 0 radical (unpaired) electrons. The zero-order valence-corrected chi connectivity index (χ0v) is 15.4. The molecular weight excluding hydrogens is 396 g/mol. The van der Waals surface area contributed by atoms with Gasteiger partial charge in [0.25, 0.3) is 5.91 Å². The van der Waals surface area contributed by atoms with Gasteiger partial charge in [-0.15, -0.1) is 0 Å². The lowest BCUT2D eigenvalue weighted by atomic mass is 9.90. The standard InChI is InChI=1S/C14H18Cl2N2O.C2HF3O2/c1-18(13-5-3-2-4-12(13)17)14(19)9-6-7-10(15)11(16)8-9;3-2(4,5)1(6)7/h6-8,12-13H,2-5,17H2,1H3;(H,6,7)/t12-,13-;/m1./s1. The molecule has 0 unspecified atom stereocenters. The van der Waals surface area contributed by atoms with E-state index in [1.165, 1.54) is 0 Å². The topological polar surface area (TPSA) is 83.6 Å². The minimum Gasteiger partial charge on any atom is -0.475 e. The molecule has 146 valence electrons. The third kappa shape index (κ3) is 6.34. The molecule has 5 nitrogen and oxygen atoms in total. The number of benzene rings is 1. The van der Waals surface area contributed by atoms with Crippen molar-refractivity contribution in [2.75, 3.05) is 7.05 Å². The van der Waals surface area contributed by atoms with Gasteiger partial charge in [0.2, 0.25) is 0 Å². The van der Waals surface area contributed by atoms with Crippen LogP contribution in [0.3, 0.4) is 0 Å². The Hall–Kier alpha value is -1.51. The van der Waals surface area contributed by atoms with E-state index >= 15 is 0 Å². The van der Waals surface area contributed by atoms with Crippen LogP contribution in [0.1, 0.15) is 36.0 Å². The number of carbonyl (C=O) groups excluding carboxylic acids is 1. The molecule has 0 bridgehead atoms. The number of nitrogens with two attached hydrogens (primary N) is 1. The van der Waals surface area contributed by atoms with Gasteiger partial charge < -0.3 is 15.7 Å². The van der Waals surface area contributed by atoms with Crippen LogP contribution in [0.4, 0.5) is 13.2 Å². The molecule has 0 heterocycles. The van der Waals surface area contributed by atoms with Crippen LogP contribution in [0.25, 0.3) is 0 Å². The molecule has 1 aliphatic rings. The number of halogens is 5. The van der Waals surface area contributed by atoms with Crippen molar-refractivity contribution in [2.45, 2.75) is 43.9 Å². The van der Waals surface area contributed by atoms with Crippen molar-refractivity contribution < 1.29 is 27.9 Å². The first-order chi connectivity index (χ1) is 11.9. The number of hydrogen-bond donors (Lipinski definition) is 2. The van der Waals surface area contributed by atoms with Crippen molar-refractivity contribution in [3.8, 4) is 0 Å². The van der Waals surface area contributed by atoms with Crippen molar-refractivity contribution in [3.63, 3.8) is 0 Å². The fourth-order valence-corrected chi connectivity index (χ4v) is 2.90. The van der Waals surface area contributed by atoms with Gasteiger partial charge in [-0.2, -0.15) is 13.2 Å². The lowest BCUT2D eigenvalue weighted by Crippen LogP contribution is -2.50. The Morgan fingerprint density at radius 2 is 1.73 bits per heavy atom. The molecular formula is C16H19Cl2F3N2O3. The largest absolute Gasteiger partial charge is 0.490 e. The number of amides is 1. The van der Waals surface area contributed by atoms with Gasteiger partial charge in [-0.05, 0) is 31.0 Å². The molecule has 2 rings (SSSR count). The zero-order valence-electron chi connectivity index (χ0n) is 13.9. The second kappa shape index (κ2) is 9.43. The number of rotatable bonds is 2.